The van der Waals surface area contributed by atoms with Crippen molar-refractivity contribution in [1.29, 1.82) is 0 Å². The van der Waals surface area contributed by atoms with Crippen LogP contribution in [0.25, 0.3) is 0 Å². The zero-order valence-corrected chi connectivity index (χ0v) is 31.6. The highest BCUT2D eigenvalue weighted by molar-refractivity contribution is 7.90. The van der Waals surface area contributed by atoms with E-state index in [0.717, 1.165) is 62.2 Å². The van der Waals surface area contributed by atoms with Gasteiger partial charge in [-0.15, -0.1) is 0 Å². The summed E-state index contributed by atoms with van der Waals surface area (Å²) < 4.78 is 76.1. The number of benzene rings is 2. The van der Waals surface area contributed by atoms with E-state index < -0.39 is 33.4 Å². The van der Waals surface area contributed by atoms with E-state index in [4.69, 9.17) is 25.8 Å². The second-order valence-electron chi connectivity index (χ2n) is 16.5. The van der Waals surface area contributed by atoms with Crippen LogP contribution in [0.15, 0.2) is 36.4 Å². The predicted octanol–water partition coefficient (Wildman–Crippen LogP) is 6.42. The van der Waals surface area contributed by atoms with Crippen LogP contribution in [0, 0.1) is 23.7 Å². The van der Waals surface area contributed by atoms with Crippen molar-refractivity contribution in [2.45, 2.75) is 94.1 Å². The lowest BCUT2D eigenvalue weighted by molar-refractivity contribution is -0.260. The molecule has 1 saturated carbocycles. The van der Waals surface area contributed by atoms with Crippen molar-refractivity contribution in [2.75, 3.05) is 50.9 Å². The number of hydrogen-bond donors (Lipinski definition) is 1. The molecule has 1 amide bonds. The Morgan fingerprint density at radius 1 is 0.942 bits per heavy atom. The minimum absolute atomic E-state index is 0.0739. The summed E-state index contributed by atoms with van der Waals surface area (Å²) >= 11 is 6.46. The highest BCUT2D eigenvalue weighted by atomic mass is 35.5. The molecule has 1 spiro atoms. The molecule has 4 heterocycles. The number of likely N-dealkylation sites (tertiary alicyclic amines) is 1. The molecule has 0 unspecified atom stereocenters. The number of anilines is 1. The lowest BCUT2D eigenvalue weighted by Gasteiger charge is -2.50. The van der Waals surface area contributed by atoms with Gasteiger partial charge in [-0.2, -0.15) is 0 Å². The Kier molecular flexibility index (Phi) is 9.79. The molecule has 284 valence electrons. The van der Waals surface area contributed by atoms with Crippen molar-refractivity contribution >= 4 is 33.2 Å². The number of carbonyl (C=O) groups excluding carboxylic acids is 1. The van der Waals surface area contributed by atoms with Crippen LogP contribution in [-0.2, 0) is 31.3 Å². The summed E-state index contributed by atoms with van der Waals surface area (Å²) in [6.07, 6.45) is 6.74. The lowest BCUT2D eigenvalue weighted by atomic mass is 9.64. The van der Waals surface area contributed by atoms with Gasteiger partial charge in [-0.3, -0.25) is 9.69 Å². The molecule has 6 atom stereocenters. The molecule has 2 aromatic carbocycles. The van der Waals surface area contributed by atoms with Crippen LogP contribution in [0.1, 0.15) is 80.3 Å². The smallest absolute Gasteiger partial charge is 0.272 e. The summed E-state index contributed by atoms with van der Waals surface area (Å²) in [5, 5.41) is -0.0603. The highest BCUT2D eigenvalue weighted by Gasteiger charge is 2.50. The zero-order chi connectivity index (χ0) is 36.4. The van der Waals surface area contributed by atoms with E-state index in [-0.39, 0.29) is 41.9 Å². The zero-order valence-electron chi connectivity index (χ0n) is 30.0. The van der Waals surface area contributed by atoms with Gasteiger partial charge in [0.25, 0.3) is 11.8 Å². The van der Waals surface area contributed by atoms with Crippen LogP contribution >= 0.6 is 11.6 Å². The van der Waals surface area contributed by atoms with Crippen molar-refractivity contribution in [3.05, 3.63) is 58.1 Å². The summed E-state index contributed by atoms with van der Waals surface area (Å²) in [6, 6.07) is 11.2. The van der Waals surface area contributed by atoms with E-state index in [0.29, 0.717) is 50.4 Å². The third kappa shape index (κ3) is 6.95. The first-order valence-corrected chi connectivity index (χ1v) is 20.9. The second-order valence-corrected chi connectivity index (χ2v) is 19.0. The van der Waals surface area contributed by atoms with Gasteiger partial charge in [-0.25, -0.2) is 21.9 Å². The Morgan fingerprint density at radius 2 is 1.73 bits per heavy atom. The van der Waals surface area contributed by atoms with Gasteiger partial charge >= 0.3 is 0 Å². The van der Waals surface area contributed by atoms with E-state index in [2.05, 4.69) is 21.8 Å². The number of nitrogens with zero attached hydrogens (tertiary/aromatic N) is 2. The summed E-state index contributed by atoms with van der Waals surface area (Å²) in [6.45, 7) is 5.66. The Bertz CT molecular complexity index is 1780. The maximum atomic E-state index is 13.6. The SMILES string of the molecule is C[C@@H]1[C@@H](C)CCC[C@@H]([C@H]2OC[C@@H](N3CC(F)(F)C3)CO2)[C@@H]2CC[C@H]2CN2C[C@@]3(CCCc4cc(Cl)ccc43)COc3ccc(cc32)C(=O)NS1(=O)=O. The summed E-state index contributed by atoms with van der Waals surface area (Å²) in [7, 11) is -3.96. The van der Waals surface area contributed by atoms with Gasteiger partial charge in [0, 0.05) is 35.0 Å². The average Bonchev–Trinajstić information content (AvgIpc) is 3.24. The molecule has 52 heavy (non-hydrogen) atoms. The van der Waals surface area contributed by atoms with Crippen molar-refractivity contribution in [1.82, 2.24) is 9.62 Å². The molecule has 1 N–H and O–H groups in total. The molecule has 13 heteroatoms. The van der Waals surface area contributed by atoms with Crippen LogP contribution in [0.5, 0.6) is 5.75 Å². The number of carbonyl (C=O) groups is 1. The van der Waals surface area contributed by atoms with Crippen LogP contribution < -0.4 is 14.4 Å². The van der Waals surface area contributed by atoms with E-state index in [1.165, 1.54) is 11.1 Å². The van der Waals surface area contributed by atoms with E-state index in [9.17, 15) is 22.0 Å². The molecule has 2 aromatic rings. The number of hydrogen-bond acceptors (Lipinski definition) is 8. The number of fused-ring (bicyclic) bond motifs is 4. The molecule has 3 fully saturated rings. The van der Waals surface area contributed by atoms with Crippen LogP contribution in [0.3, 0.4) is 0 Å². The van der Waals surface area contributed by atoms with Crippen LogP contribution in [0.2, 0.25) is 5.02 Å². The van der Waals surface area contributed by atoms with Crippen LogP contribution in [0.4, 0.5) is 14.5 Å². The number of amides is 1. The third-order valence-corrected chi connectivity index (χ3v) is 15.3. The topological polar surface area (TPSA) is 97.4 Å². The number of rotatable bonds is 2. The molecule has 2 aliphatic carbocycles. The number of aryl methyl sites for hydroxylation is 1. The fraction of sp³-hybridized carbons (Fsp3) is 0.667. The van der Waals surface area contributed by atoms with E-state index in [1.807, 2.05) is 13.0 Å². The standard InChI is InChI=1S/C39H50ClF2N3O6S/c1-24-5-3-7-32(37-49-18-30(19-50-37)45-21-39(41,42)22-45)31-11-8-28(31)17-44-20-38(14-4-6-26-15-29(40)10-12-33(26)38)23-51-35-13-9-27(16-34(35)44)36(46)43-52(47,48)25(24)2/h9-10,12-13,15-16,24-25,28,30-32,37H,3-8,11,14,17-23H2,1-2H3,(H,43,46)/t24-,25+,28-,30-,31+,32+,37+,38-/m0/s1. The third-order valence-electron chi connectivity index (χ3n) is 13.1. The Balaban J connectivity index is 1.13. The minimum Gasteiger partial charge on any atom is -0.490 e. The fourth-order valence-electron chi connectivity index (χ4n) is 9.74. The average molecular weight is 762 g/mol. The number of nitrogens with one attached hydrogen (secondary N) is 1. The summed E-state index contributed by atoms with van der Waals surface area (Å²) in [5.41, 5.74) is 3.25. The monoisotopic (exact) mass is 761 g/mol. The Morgan fingerprint density at radius 3 is 2.46 bits per heavy atom. The minimum atomic E-state index is -3.96. The summed E-state index contributed by atoms with van der Waals surface area (Å²) in [4.78, 5) is 17.7. The van der Waals surface area contributed by atoms with Gasteiger partial charge in [-0.05, 0) is 111 Å². The van der Waals surface area contributed by atoms with E-state index >= 15 is 0 Å². The lowest BCUT2D eigenvalue weighted by Crippen LogP contribution is -2.63. The molecule has 2 bridgehead atoms. The van der Waals surface area contributed by atoms with Gasteiger partial charge in [0.05, 0.1) is 49.9 Å². The first kappa shape index (κ1) is 36.5. The normalized spacial score (nSPS) is 36.2. The highest BCUT2D eigenvalue weighted by Crippen LogP contribution is 2.49. The molecule has 0 aromatic heterocycles. The van der Waals surface area contributed by atoms with Gasteiger partial charge in [0.1, 0.15) is 5.75 Å². The predicted molar refractivity (Wildman–Crippen MR) is 195 cm³/mol. The Labute approximate surface area is 310 Å². The van der Waals surface area contributed by atoms with E-state index in [1.54, 1.807) is 30.0 Å². The quantitative estimate of drug-likeness (QED) is 0.375. The van der Waals surface area contributed by atoms with Crippen molar-refractivity contribution < 1.29 is 36.2 Å². The van der Waals surface area contributed by atoms with Crippen molar-refractivity contribution in [2.24, 2.45) is 23.7 Å². The molecule has 4 aliphatic heterocycles. The second kappa shape index (κ2) is 14.0. The molecular weight excluding hydrogens is 712 g/mol. The van der Waals surface area contributed by atoms with Gasteiger partial charge < -0.3 is 19.1 Å². The number of ether oxygens (including phenoxy) is 3. The maximum absolute atomic E-state index is 13.6. The van der Waals surface area contributed by atoms with Gasteiger partial charge in [0.15, 0.2) is 6.29 Å². The largest absolute Gasteiger partial charge is 0.490 e. The molecule has 0 radical (unpaired) electrons. The first-order valence-electron chi connectivity index (χ1n) is 19.0. The van der Waals surface area contributed by atoms with Gasteiger partial charge in [0.2, 0.25) is 10.0 Å². The molecule has 2 saturated heterocycles. The maximum Gasteiger partial charge on any atom is 0.272 e. The number of alkyl halides is 2. The van der Waals surface area contributed by atoms with Crippen molar-refractivity contribution in [3.8, 4) is 5.75 Å². The first-order chi connectivity index (χ1) is 24.8. The van der Waals surface area contributed by atoms with Crippen molar-refractivity contribution in [3.63, 3.8) is 0 Å². The Hall–Kier alpha value is -2.51. The molecule has 8 rings (SSSR count). The fourth-order valence-corrected chi connectivity index (χ4v) is 11.2. The number of sulfonamides is 1. The summed E-state index contributed by atoms with van der Waals surface area (Å²) in [5.74, 6) is -2.11. The molecule has 6 aliphatic rings. The van der Waals surface area contributed by atoms with Crippen LogP contribution in [-0.4, -0.2) is 88.7 Å². The number of halogens is 3. The molecular formula is C39H50ClF2N3O6S. The molecule has 9 nitrogen and oxygen atoms in total. The van der Waals surface area contributed by atoms with Gasteiger partial charge in [-0.1, -0.05) is 31.0 Å².